The van der Waals surface area contributed by atoms with Crippen molar-refractivity contribution in [2.24, 2.45) is 12.0 Å². The summed E-state index contributed by atoms with van der Waals surface area (Å²) >= 11 is 6.02. The average Bonchev–Trinajstić information content (AvgIpc) is 2.86. The molecule has 7 heteroatoms. The molecule has 0 spiro atoms. The van der Waals surface area contributed by atoms with Crippen molar-refractivity contribution in [2.75, 3.05) is 47.1 Å². The first-order valence-electron chi connectivity index (χ1n) is 8.46. The first kappa shape index (κ1) is 20.8. The summed E-state index contributed by atoms with van der Waals surface area (Å²) in [6.07, 6.45) is 4.17. The molecule has 0 saturated heterocycles. The molecular weight excluding hydrogens is 328 g/mol. The van der Waals surface area contributed by atoms with Gasteiger partial charge in [0.05, 0.1) is 31.4 Å². The number of rotatable bonds is 11. The Balaban J connectivity index is 2.19. The highest BCUT2D eigenvalue weighted by molar-refractivity contribution is 6.30. The molecule has 0 aliphatic heterocycles. The van der Waals surface area contributed by atoms with E-state index in [1.165, 1.54) is 0 Å². The maximum atomic E-state index is 6.02. The van der Waals surface area contributed by atoms with Crippen molar-refractivity contribution in [1.29, 1.82) is 0 Å². The lowest BCUT2D eigenvalue weighted by atomic mass is 10.4. The maximum absolute atomic E-state index is 6.02. The first-order chi connectivity index (χ1) is 11.6. The molecule has 0 fully saturated rings. The van der Waals surface area contributed by atoms with Crippen molar-refractivity contribution in [3.8, 4) is 0 Å². The van der Waals surface area contributed by atoms with Gasteiger partial charge in [-0.1, -0.05) is 24.9 Å². The highest BCUT2D eigenvalue weighted by atomic mass is 35.5. The summed E-state index contributed by atoms with van der Waals surface area (Å²) in [6, 6.07) is 1.97. The number of aromatic nitrogens is 1. The summed E-state index contributed by atoms with van der Waals surface area (Å²) in [4.78, 5) is 6.35. The van der Waals surface area contributed by atoms with Crippen LogP contribution < -0.4 is 5.32 Å². The number of ether oxygens (including phenoxy) is 2. The first-order valence-corrected chi connectivity index (χ1v) is 8.84. The lowest BCUT2D eigenvalue weighted by molar-refractivity contribution is 0.0486. The Morgan fingerprint density at radius 3 is 2.58 bits per heavy atom. The number of aliphatic imine (C=N–C) groups is 1. The second-order valence-corrected chi connectivity index (χ2v) is 6.11. The van der Waals surface area contributed by atoms with Crippen LogP contribution in [-0.4, -0.2) is 62.5 Å². The van der Waals surface area contributed by atoms with Gasteiger partial charge in [-0.2, -0.15) is 0 Å². The second-order valence-electron chi connectivity index (χ2n) is 5.67. The molecule has 1 aromatic rings. The van der Waals surface area contributed by atoms with Crippen molar-refractivity contribution < 1.29 is 9.47 Å². The van der Waals surface area contributed by atoms with Crippen LogP contribution in [0.4, 0.5) is 0 Å². The fourth-order valence-corrected chi connectivity index (χ4v) is 2.50. The third kappa shape index (κ3) is 8.04. The summed E-state index contributed by atoms with van der Waals surface area (Å²) in [5.74, 6) is 0.829. The molecule has 138 valence electrons. The summed E-state index contributed by atoms with van der Waals surface area (Å²) in [5, 5.41) is 4.04. The van der Waals surface area contributed by atoms with E-state index in [4.69, 9.17) is 21.1 Å². The van der Waals surface area contributed by atoms with Crippen molar-refractivity contribution >= 4 is 17.6 Å². The minimum absolute atomic E-state index is 0.625. The van der Waals surface area contributed by atoms with Crippen LogP contribution in [0.15, 0.2) is 17.3 Å². The van der Waals surface area contributed by atoms with E-state index in [-0.39, 0.29) is 0 Å². The minimum Gasteiger partial charge on any atom is -0.379 e. The maximum Gasteiger partial charge on any atom is 0.193 e. The largest absolute Gasteiger partial charge is 0.379 e. The quantitative estimate of drug-likeness (QED) is 0.375. The van der Waals surface area contributed by atoms with Gasteiger partial charge >= 0.3 is 0 Å². The van der Waals surface area contributed by atoms with Gasteiger partial charge in [0.2, 0.25) is 0 Å². The number of guanidine groups is 1. The van der Waals surface area contributed by atoms with Gasteiger partial charge in [-0.15, -0.1) is 0 Å². The zero-order valence-corrected chi connectivity index (χ0v) is 16.1. The van der Waals surface area contributed by atoms with Gasteiger partial charge in [-0.05, 0) is 12.5 Å². The number of unbranched alkanes of at least 4 members (excludes halogenated alkanes) is 1. The molecule has 1 heterocycles. The third-order valence-corrected chi connectivity index (χ3v) is 3.80. The number of aryl methyl sites for hydroxylation is 1. The van der Waals surface area contributed by atoms with Gasteiger partial charge in [0, 0.05) is 46.2 Å². The highest BCUT2D eigenvalue weighted by Crippen LogP contribution is 2.14. The molecule has 0 amide bonds. The topological polar surface area (TPSA) is 51.0 Å². The smallest absolute Gasteiger partial charge is 0.193 e. The summed E-state index contributed by atoms with van der Waals surface area (Å²) in [7, 11) is 5.76. The van der Waals surface area contributed by atoms with Crippen LogP contribution >= 0.6 is 11.6 Å². The van der Waals surface area contributed by atoms with E-state index in [0.717, 1.165) is 42.7 Å². The zero-order valence-electron chi connectivity index (χ0n) is 15.3. The Kier molecular flexibility index (Phi) is 10.5. The predicted molar refractivity (Wildman–Crippen MR) is 99.8 cm³/mol. The van der Waals surface area contributed by atoms with Gasteiger partial charge in [-0.3, -0.25) is 4.99 Å². The SMILES string of the molecule is CCCCOCCOCCNC(=NC)N(C)Cc1cc(Cl)cn1C. The van der Waals surface area contributed by atoms with Crippen LogP contribution in [0.2, 0.25) is 5.02 Å². The van der Waals surface area contributed by atoms with E-state index in [2.05, 4.69) is 22.1 Å². The molecule has 0 radical (unpaired) electrons. The number of nitrogens with zero attached hydrogens (tertiary/aromatic N) is 3. The molecule has 0 saturated carbocycles. The molecule has 0 unspecified atom stereocenters. The van der Waals surface area contributed by atoms with Crippen molar-refractivity contribution in [3.05, 3.63) is 23.0 Å². The van der Waals surface area contributed by atoms with Gasteiger partial charge < -0.3 is 24.3 Å². The third-order valence-electron chi connectivity index (χ3n) is 3.59. The Hall–Kier alpha value is -1.24. The van der Waals surface area contributed by atoms with Gasteiger partial charge in [0.15, 0.2) is 5.96 Å². The Morgan fingerprint density at radius 1 is 1.29 bits per heavy atom. The van der Waals surface area contributed by atoms with E-state index >= 15 is 0 Å². The number of hydrogen-bond donors (Lipinski definition) is 1. The molecule has 0 atom stereocenters. The van der Waals surface area contributed by atoms with E-state index in [9.17, 15) is 0 Å². The molecule has 24 heavy (non-hydrogen) atoms. The molecule has 1 N–H and O–H groups in total. The average molecular weight is 359 g/mol. The Bertz CT molecular complexity index is 491. The van der Waals surface area contributed by atoms with Gasteiger partial charge in [-0.25, -0.2) is 0 Å². The van der Waals surface area contributed by atoms with Crippen molar-refractivity contribution in [3.63, 3.8) is 0 Å². The number of halogens is 1. The fourth-order valence-electron chi connectivity index (χ4n) is 2.23. The van der Waals surface area contributed by atoms with Crippen molar-refractivity contribution in [2.45, 2.75) is 26.3 Å². The zero-order chi connectivity index (χ0) is 17.8. The van der Waals surface area contributed by atoms with E-state index in [1.54, 1.807) is 7.05 Å². The lowest BCUT2D eigenvalue weighted by Gasteiger charge is -2.22. The van der Waals surface area contributed by atoms with Crippen LogP contribution in [0.5, 0.6) is 0 Å². The summed E-state index contributed by atoms with van der Waals surface area (Å²) < 4.78 is 13.0. The molecule has 0 aliphatic rings. The molecule has 1 rings (SSSR count). The normalized spacial score (nSPS) is 11.8. The summed E-state index contributed by atoms with van der Waals surface area (Å²) in [5.41, 5.74) is 1.13. The highest BCUT2D eigenvalue weighted by Gasteiger charge is 2.09. The molecule has 0 aromatic carbocycles. The monoisotopic (exact) mass is 358 g/mol. The Labute approximate surface area is 150 Å². The molecular formula is C17H31ClN4O2. The van der Waals surface area contributed by atoms with Crippen LogP contribution in [0, 0.1) is 0 Å². The summed E-state index contributed by atoms with van der Waals surface area (Å²) in [6.45, 7) is 6.32. The van der Waals surface area contributed by atoms with E-state index in [1.807, 2.05) is 30.9 Å². The number of hydrogen-bond acceptors (Lipinski definition) is 3. The van der Waals surface area contributed by atoms with E-state index < -0.39 is 0 Å². The molecule has 0 aliphatic carbocycles. The van der Waals surface area contributed by atoms with Crippen LogP contribution in [0.1, 0.15) is 25.5 Å². The molecule has 6 nitrogen and oxygen atoms in total. The van der Waals surface area contributed by atoms with Crippen LogP contribution in [0.25, 0.3) is 0 Å². The molecule has 0 bridgehead atoms. The predicted octanol–water partition coefficient (Wildman–Crippen LogP) is 2.52. The van der Waals surface area contributed by atoms with Gasteiger partial charge in [0.25, 0.3) is 0 Å². The fraction of sp³-hybridized carbons (Fsp3) is 0.706. The van der Waals surface area contributed by atoms with Gasteiger partial charge in [0.1, 0.15) is 0 Å². The van der Waals surface area contributed by atoms with Crippen LogP contribution in [0.3, 0.4) is 0 Å². The van der Waals surface area contributed by atoms with Crippen LogP contribution in [-0.2, 0) is 23.1 Å². The number of nitrogens with one attached hydrogen (secondary N) is 1. The van der Waals surface area contributed by atoms with E-state index in [0.29, 0.717) is 26.4 Å². The standard InChI is InChI=1S/C17H31ClN4O2/c1-5-6-8-23-10-11-24-9-7-20-17(19-2)22(4)14-16-12-15(18)13-21(16)3/h12-13H,5-11,14H2,1-4H3,(H,19,20). The Morgan fingerprint density at radius 2 is 2.00 bits per heavy atom. The second kappa shape index (κ2) is 12.2. The van der Waals surface area contributed by atoms with Crippen molar-refractivity contribution in [1.82, 2.24) is 14.8 Å². The molecule has 1 aromatic heterocycles. The lowest BCUT2D eigenvalue weighted by Crippen LogP contribution is -2.40. The minimum atomic E-state index is 0.625.